The fourth-order valence-corrected chi connectivity index (χ4v) is 10.6. The lowest BCUT2D eigenvalue weighted by atomic mass is 10.1. The molecule has 0 aliphatic carbocycles. The summed E-state index contributed by atoms with van der Waals surface area (Å²) in [4.78, 5) is 72.6. The van der Waals surface area contributed by atoms with E-state index < -0.39 is 97.5 Å². The zero-order chi connectivity index (χ0) is 71.8. The lowest BCUT2D eigenvalue weighted by Crippen LogP contribution is -2.30. The van der Waals surface area contributed by atoms with Crippen LogP contribution >= 0.6 is 15.6 Å². The first kappa shape index (κ1) is 92.7. The van der Waals surface area contributed by atoms with Crippen molar-refractivity contribution in [2.45, 2.75) is 277 Å². The number of phosphoric ester groups is 2. The lowest BCUT2D eigenvalue weighted by molar-refractivity contribution is -0.161. The summed E-state index contributed by atoms with van der Waals surface area (Å²) in [6.45, 7) is 4.29. The largest absolute Gasteiger partial charge is 0.472 e. The Bertz CT molecular complexity index is 2480. The molecule has 3 N–H and O–H groups in total. The molecule has 0 aromatic heterocycles. The summed E-state index contributed by atoms with van der Waals surface area (Å²) < 4.78 is 68.2. The number of hydrogen-bond acceptors (Lipinski definition) is 15. The highest BCUT2D eigenvalue weighted by Gasteiger charge is 2.30. The average molecular weight is 1410 g/mol. The minimum atomic E-state index is -5.01. The van der Waals surface area contributed by atoms with Crippen molar-refractivity contribution < 1.29 is 80.2 Å². The van der Waals surface area contributed by atoms with E-state index in [1.54, 1.807) is 6.08 Å². The molecule has 556 valence electrons. The van der Waals surface area contributed by atoms with Gasteiger partial charge in [-0.25, -0.2) is 9.13 Å². The van der Waals surface area contributed by atoms with E-state index in [4.69, 9.17) is 37.0 Å². The Morgan fingerprint density at radius 2 is 0.571 bits per heavy atom. The molecule has 0 heterocycles. The average Bonchev–Trinajstić information content (AvgIpc) is 0.982. The van der Waals surface area contributed by atoms with Gasteiger partial charge in [0.15, 0.2) is 12.2 Å². The lowest BCUT2D eigenvalue weighted by Gasteiger charge is -2.21. The van der Waals surface area contributed by atoms with Gasteiger partial charge in [0.2, 0.25) is 0 Å². The summed E-state index contributed by atoms with van der Waals surface area (Å²) in [5, 5.41) is 10.6. The first-order valence-electron chi connectivity index (χ1n) is 36.7. The van der Waals surface area contributed by atoms with Crippen molar-refractivity contribution in [2.24, 2.45) is 0 Å². The van der Waals surface area contributed by atoms with Gasteiger partial charge in [0.05, 0.1) is 32.8 Å². The third-order valence-corrected chi connectivity index (χ3v) is 16.4. The molecule has 0 aliphatic rings. The monoisotopic (exact) mass is 1410 g/mol. The number of esters is 4. The third kappa shape index (κ3) is 69.2. The van der Waals surface area contributed by atoms with E-state index in [-0.39, 0.29) is 25.7 Å². The molecule has 5 atom stereocenters. The molecule has 0 saturated heterocycles. The number of hydrogen-bond donors (Lipinski definition) is 3. The summed E-state index contributed by atoms with van der Waals surface area (Å²) in [5.41, 5.74) is 0. The number of aliphatic hydroxyl groups is 1. The maximum absolute atomic E-state index is 13.0. The number of rotatable bonds is 67. The first-order valence-corrected chi connectivity index (χ1v) is 39.7. The smallest absolute Gasteiger partial charge is 0.462 e. The quantitative estimate of drug-likeness (QED) is 0.0169. The van der Waals surface area contributed by atoms with Gasteiger partial charge in [-0.3, -0.25) is 37.3 Å². The summed E-state index contributed by atoms with van der Waals surface area (Å²) in [6.07, 6.45) is 80.0. The van der Waals surface area contributed by atoms with Gasteiger partial charge in [0.25, 0.3) is 0 Å². The molecule has 0 spiro atoms. The van der Waals surface area contributed by atoms with Gasteiger partial charge >= 0.3 is 39.5 Å². The fraction of sp³-hybridized carbons (Fsp3) is 0.620. The van der Waals surface area contributed by atoms with E-state index in [1.807, 2.05) is 24.3 Å². The molecule has 0 aromatic rings. The number of carbonyl (C=O) groups is 4. The van der Waals surface area contributed by atoms with Crippen LogP contribution in [-0.2, 0) is 65.4 Å². The highest BCUT2D eigenvalue weighted by Crippen LogP contribution is 2.45. The predicted octanol–water partition coefficient (Wildman–Crippen LogP) is 20.9. The number of phosphoric acid groups is 2. The molecular formula is C79H128O17P2. The Kier molecular flexibility index (Phi) is 66.3. The summed E-state index contributed by atoms with van der Waals surface area (Å²) in [6, 6.07) is 0. The van der Waals surface area contributed by atoms with Crippen molar-refractivity contribution in [3.8, 4) is 0 Å². The van der Waals surface area contributed by atoms with Crippen LogP contribution in [0, 0.1) is 0 Å². The third-order valence-electron chi connectivity index (χ3n) is 14.5. The summed E-state index contributed by atoms with van der Waals surface area (Å²) in [5.74, 6) is -2.41. The molecule has 0 amide bonds. The molecule has 0 aliphatic heterocycles. The minimum Gasteiger partial charge on any atom is -0.462 e. The van der Waals surface area contributed by atoms with Crippen molar-refractivity contribution in [3.05, 3.63) is 158 Å². The summed E-state index contributed by atoms with van der Waals surface area (Å²) >= 11 is 0. The number of aliphatic hydroxyl groups excluding tert-OH is 1. The second kappa shape index (κ2) is 70.1. The molecule has 17 nitrogen and oxygen atoms in total. The van der Waals surface area contributed by atoms with Crippen LogP contribution in [0.3, 0.4) is 0 Å². The van der Waals surface area contributed by atoms with Crippen molar-refractivity contribution in [1.82, 2.24) is 0 Å². The minimum absolute atomic E-state index is 0.0178. The molecule has 98 heavy (non-hydrogen) atoms. The molecular weight excluding hydrogens is 1280 g/mol. The highest BCUT2D eigenvalue weighted by molar-refractivity contribution is 7.47. The molecule has 0 bridgehead atoms. The Morgan fingerprint density at radius 1 is 0.306 bits per heavy atom. The normalized spacial score (nSPS) is 14.9. The summed E-state index contributed by atoms with van der Waals surface area (Å²) in [7, 11) is -10.00. The van der Waals surface area contributed by atoms with E-state index in [9.17, 15) is 43.2 Å². The van der Waals surface area contributed by atoms with Crippen LogP contribution in [-0.4, -0.2) is 96.7 Å². The Hall–Kier alpha value is -5.32. The van der Waals surface area contributed by atoms with Gasteiger partial charge in [-0.05, 0) is 128 Å². The Morgan fingerprint density at radius 3 is 0.929 bits per heavy atom. The molecule has 0 aromatic carbocycles. The number of carbonyl (C=O) groups excluding carboxylic acids is 4. The zero-order valence-corrected chi connectivity index (χ0v) is 62.2. The molecule has 0 saturated carbocycles. The fourth-order valence-electron chi connectivity index (χ4n) is 9.04. The standard InChI is InChI=1S/C79H128O17P2/c1-5-9-13-17-21-25-29-32-35-36-39-41-45-48-52-56-60-64-77(82)89-69-74(95-78(83)65-61-57-53-49-43-28-24-20-16-12-8-4)71-93-97(85,86)91-67-73(80)68-92-98(87,88)94-72-75(96-79(84)66-62-58-54-50-46-42-38-34-31-27-23-19-15-11-7-3)70-90-76(81)63-59-55-51-47-44-40-37-33-30-26-22-18-14-10-6-2/h9-11,13-15,21-23,25-27,32-35,37-39,41,44,46-47,50,55,59,73-75,80H,5-8,12,16-20,24,28-31,36,40,42-43,45,48-49,51-54,56-58,60-72H2,1-4H3,(H,85,86)(H,87,88)/b13-9-,14-10-,15-11-,25-21-,26-22-,27-23-,35-32-,37-33-,38-34-,41-39-,47-44-,50-46-,59-55-. The molecule has 19 heteroatoms. The maximum atomic E-state index is 13.0. The zero-order valence-electron chi connectivity index (χ0n) is 60.4. The first-order chi connectivity index (χ1) is 47.7. The van der Waals surface area contributed by atoms with Crippen LogP contribution in [0.15, 0.2) is 158 Å². The van der Waals surface area contributed by atoms with Crippen LogP contribution in [0.4, 0.5) is 0 Å². The molecule has 0 rings (SSSR count). The van der Waals surface area contributed by atoms with Crippen LogP contribution in [0.2, 0.25) is 0 Å². The van der Waals surface area contributed by atoms with Gasteiger partial charge in [0.1, 0.15) is 19.3 Å². The van der Waals surface area contributed by atoms with Gasteiger partial charge < -0.3 is 33.8 Å². The number of unbranched alkanes of at least 4 members (excludes halogenated alkanes) is 16. The van der Waals surface area contributed by atoms with Crippen LogP contribution in [0.1, 0.15) is 259 Å². The van der Waals surface area contributed by atoms with Crippen molar-refractivity contribution in [1.29, 1.82) is 0 Å². The number of allylic oxidation sites excluding steroid dienone is 25. The van der Waals surface area contributed by atoms with Crippen molar-refractivity contribution in [3.63, 3.8) is 0 Å². The van der Waals surface area contributed by atoms with E-state index in [0.717, 1.165) is 135 Å². The number of ether oxygens (including phenoxy) is 4. The van der Waals surface area contributed by atoms with Crippen molar-refractivity contribution >= 4 is 39.5 Å². The molecule has 0 radical (unpaired) electrons. The maximum Gasteiger partial charge on any atom is 0.472 e. The SMILES string of the molecule is CC/C=C\C/C=C\C/C=C\C/C=C\C/C=C\CC(=O)OCC(COP(=O)(O)OCC(O)COP(=O)(O)OCC(COC(=O)CCCCCC/C=C\C/C=C\C/C=C\C/C=C\CC)OC(=O)CCCCCCCCCCCCC)OC(=O)CCCC/C=C\C/C=C\C/C=C\C/C=C\CC. The van der Waals surface area contributed by atoms with E-state index >= 15 is 0 Å². The highest BCUT2D eigenvalue weighted by atomic mass is 31.2. The van der Waals surface area contributed by atoms with E-state index in [1.165, 1.54) is 38.5 Å². The van der Waals surface area contributed by atoms with E-state index in [0.29, 0.717) is 32.1 Å². The van der Waals surface area contributed by atoms with Gasteiger partial charge in [-0.2, -0.15) is 0 Å². The Labute approximate surface area is 591 Å². The topological polar surface area (TPSA) is 237 Å². The molecule has 0 fully saturated rings. The second-order valence-electron chi connectivity index (χ2n) is 23.8. The van der Waals surface area contributed by atoms with Gasteiger partial charge in [-0.1, -0.05) is 263 Å². The second-order valence-corrected chi connectivity index (χ2v) is 26.7. The van der Waals surface area contributed by atoms with Gasteiger partial charge in [-0.15, -0.1) is 0 Å². The Balaban J connectivity index is 5.46. The van der Waals surface area contributed by atoms with E-state index in [2.05, 4.69) is 155 Å². The predicted molar refractivity (Wildman–Crippen MR) is 399 cm³/mol. The van der Waals surface area contributed by atoms with Crippen molar-refractivity contribution in [2.75, 3.05) is 39.6 Å². The molecule has 5 unspecified atom stereocenters. The van der Waals surface area contributed by atoms with Gasteiger partial charge in [0, 0.05) is 19.3 Å². The van der Waals surface area contributed by atoms with Crippen LogP contribution < -0.4 is 0 Å². The van der Waals surface area contributed by atoms with Crippen LogP contribution in [0.25, 0.3) is 0 Å². The van der Waals surface area contributed by atoms with Crippen LogP contribution in [0.5, 0.6) is 0 Å².